The van der Waals surface area contributed by atoms with Gasteiger partial charge in [0.05, 0.1) is 24.1 Å². The average Bonchev–Trinajstić information content (AvgIpc) is 3.44. The summed E-state index contributed by atoms with van der Waals surface area (Å²) < 4.78 is 31.1. The molecule has 3 heterocycles. The third kappa shape index (κ3) is 4.96. The highest BCUT2D eigenvalue weighted by atomic mass is 19.3. The van der Waals surface area contributed by atoms with Gasteiger partial charge in [-0.15, -0.1) is 0 Å². The fourth-order valence-electron chi connectivity index (χ4n) is 4.58. The van der Waals surface area contributed by atoms with Crippen molar-refractivity contribution in [2.45, 2.75) is 77.4 Å². The summed E-state index contributed by atoms with van der Waals surface area (Å²) in [4.78, 5) is 18.0. The maximum absolute atomic E-state index is 13.9. The minimum Gasteiger partial charge on any atom is -0.342 e. The van der Waals surface area contributed by atoms with Gasteiger partial charge in [0.2, 0.25) is 5.92 Å². The Morgan fingerprint density at radius 1 is 1.21 bits per heavy atom. The molecule has 0 saturated heterocycles. The summed E-state index contributed by atoms with van der Waals surface area (Å²) in [5.74, 6) is -2.90. The van der Waals surface area contributed by atoms with Crippen LogP contribution in [0.2, 0.25) is 0 Å². The average molecular weight is 474 g/mol. The molecule has 0 spiro atoms. The molecule has 1 aliphatic carbocycles. The first kappa shape index (κ1) is 24.3. The van der Waals surface area contributed by atoms with E-state index in [4.69, 9.17) is 10.7 Å². The first-order valence-corrected chi connectivity index (χ1v) is 11.9. The van der Waals surface area contributed by atoms with E-state index in [0.29, 0.717) is 29.9 Å². The zero-order valence-electron chi connectivity index (χ0n) is 20.1. The number of imidazole rings is 1. The van der Waals surface area contributed by atoms with Crippen LogP contribution in [0.1, 0.15) is 93.2 Å². The van der Waals surface area contributed by atoms with Gasteiger partial charge < -0.3 is 11.1 Å². The van der Waals surface area contributed by atoms with Crippen LogP contribution >= 0.6 is 0 Å². The van der Waals surface area contributed by atoms with E-state index in [0.717, 1.165) is 5.56 Å². The molecule has 0 aromatic carbocycles. The molecule has 0 unspecified atom stereocenters. The van der Waals surface area contributed by atoms with Crippen LogP contribution in [0.3, 0.4) is 0 Å². The predicted octanol–water partition coefficient (Wildman–Crippen LogP) is 4.46. The van der Waals surface area contributed by atoms with Gasteiger partial charge in [0.1, 0.15) is 5.69 Å². The van der Waals surface area contributed by atoms with Crippen LogP contribution in [-0.4, -0.2) is 36.2 Å². The lowest BCUT2D eigenvalue weighted by Gasteiger charge is -2.33. The molecule has 1 saturated carbocycles. The molecular weight excluding hydrogens is 440 g/mol. The minimum absolute atomic E-state index is 0.00514. The van der Waals surface area contributed by atoms with Crippen molar-refractivity contribution in [3.8, 4) is 0 Å². The van der Waals surface area contributed by atoms with Crippen LogP contribution in [0.15, 0.2) is 30.7 Å². The molecule has 1 fully saturated rings. The van der Waals surface area contributed by atoms with Crippen molar-refractivity contribution in [1.82, 2.24) is 29.7 Å². The van der Waals surface area contributed by atoms with E-state index in [-0.39, 0.29) is 42.7 Å². The Hall–Kier alpha value is -2.88. The van der Waals surface area contributed by atoms with Crippen LogP contribution in [0.25, 0.3) is 5.65 Å². The highest BCUT2D eigenvalue weighted by Gasteiger charge is 2.39. The molecule has 2 atom stereocenters. The van der Waals surface area contributed by atoms with Crippen molar-refractivity contribution in [1.29, 1.82) is 0 Å². The lowest BCUT2D eigenvalue weighted by atomic mass is 9.81. The normalized spacial score (nSPS) is 18.5. The number of nitrogens with two attached hydrogens (primary N) is 1. The number of nitrogens with one attached hydrogen (secondary N) is 1. The minimum atomic E-state index is -2.66. The van der Waals surface area contributed by atoms with Crippen molar-refractivity contribution in [3.63, 3.8) is 0 Å². The Labute approximate surface area is 197 Å². The number of rotatable bonds is 7. The summed E-state index contributed by atoms with van der Waals surface area (Å²) >= 11 is 0. The molecule has 3 aromatic heterocycles. The molecule has 1 amide bonds. The van der Waals surface area contributed by atoms with Gasteiger partial charge in [0.25, 0.3) is 5.91 Å². The summed E-state index contributed by atoms with van der Waals surface area (Å²) in [6.45, 7) is 7.96. The molecule has 3 N–H and O–H groups in total. The van der Waals surface area contributed by atoms with Crippen molar-refractivity contribution < 1.29 is 13.6 Å². The molecule has 4 rings (SSSR count). The number of nitrogens with zero attached hydrogens (tertiary/aromatic N) is 5. The quantitative estimate of drug-likeness (QED) is 0.527. The van der Waals surface area contributed by atoms with Gasteiger partial charge in [-0.1, -0.05) is 13.8 Å². The van der Waals surface area contributed by atoms with Gasteiger partial charge in [-0.05, 0) is 56.2 Å². The van der Waals surface area contributed by atoms with E-state index < -0.39 is 12.0 Å². The first-order chi connectivity index (χ1) is 16.1. The Morgan fingerprint density at radius 3 is 2.56 bits per heavy atom. The second kappa shape index (κ2) is 9.40. The molecule has 34 heavy (non-hydrogen) atoms. The molecule has 8 nitrogen and oxygen atoms in total. The van der Waals surface area contributed by atoms with Crippen molar-refractivity contribution >= 4 is 11.6 Å². The number of carbonyl (C=O) groups excluding carboxylic acids is 1. The van der Waals surface area contributed by atoms with E-state index in [1.54, 1.807) is 33.9 Å². The third-order valence-corrected chi connectivity index (χ3v) is 6.69. The van der Waals surface area contributed by atoms with Crippen LogP contribution in [0.4, 0.5) is 8.78 Å². The number of fused-ring (bicyclic) bond motifs is 1. The zero-order valence-corrected chi connectivity index (χ0v) is 20.1. The first-order valence-electron chi connectivity index (χ1n) is 11.9. The number of hydrogen-bond donors (Lipinski definition) is 2. The van der Waals surface area contributed by atoms with Crippen LogP contribution in [0, 0.1) is 11.8 Å². The van der Waals surface area contributed by atoms with Gasteiger partial charge in [-0.3, -0.25) is 9.48 Å². The predicted molar refractivity (Wildman–Crippen MR) is 124 cm³/mol. The third-order valence-electron chi connectivity index (χ3n) is 6.69. The van der Waals surface area contributed by atoms with Gasteiger partial charge >= 0.3 is 0 Å². The Morgan fingerprint density at radius 2 is 1.91 bits per heavy atom. The van der Waals surface area contributed by atoms with Crippen molar-refractivity contribution in [2.24, 2.45) is 17.6 Å². The Bertz CT molecular complexity index is 1140. The van der Waals surface area contributed by atoms with E-state index in [1.165, 1.54) is 0 Å². The molecular formula is C24H33F2N7O. The summed E-state index contributed by atoms with van der Waals surface area (Å²) in [6, 6.07) is 2.86. The van der Waals surface area contributed by atoms with Crippen molar-refractivity contribution in [2.75, 3.05) is 0 Å². The Balaban J connectivity index is 1.67. The molecule has 3 aromatic rings. The fraction of sp³-hybridized carbons (Fsp3) is 0.583. The van der Waals surface area contributed by atoms with E-state index in [1.807, 2.05) is 33.8 Å². The molecule has 0 aliphatic heterocycles. The van der Waals surface area contributed by atoms with Gasteiger partial charge in [0.15, 0.2) is 5.65 Å². The smallest absolute Gasteiger partial charge is 0.270 e. The standard InChI is InChI=1S/C24H33F2N7O/c1-14(2)21(27)17-11-20-30-18(13-32(20)29-12-17)22(16-5-8-24(25,26)9-6-16)31-23(34)19-7-10-28-33(19)15(3)4/h7,10-16,21-22H,5-6,8-9,27H2,1-4H3,(H,31,34)/t21-,22-/m0/s1. The van der Waals surface area contributed by atoms with Gasteiger partial charge in [-0.2, -0.15) is 10.2 Å². The number of halogens is 2. The summed E-state index contributed by atoms with van der Waals surface area (Å²) in [5.41, 5.74) is 8.79. The van der Waals surface area contributed by atoms with Crippen LogP contribution in [-0.2, 0) is 0 Å². The number of alkyl halides is 2. The monoisotopic (exact) mass is 473 g/mol. The topological polar surface area (TPSA) is 103 Å². The molecule has 0 radical (unpaired) electrons. The SMILES string of the molecule is CC(C)[C@H](N)c1cnn2cc([C@@H](NC(=O)c3ccnn3C(C)C)C3CCC(F)(F)CC3)nc2c1. The summed E-state index contributed by atoms with van der Waals surface area (Å²) in [5, 5.41) is 11.8. The zero-order chi connectivity index (χ0) is 24.6. The molecule has 1 aliphatic rings. The van der Waals surface area contributed by atoms with Crippen LogP contribution in [0.5, 0.6) is 0 Å². The number of hydrogen-bond acceptors (Lipinski definition) is 5. The van der Waals surface area contributed by atoms with E-state index in [2.05, 4.69) is 15.5 Å². The summed E-state index contributed by atoms with van der Waals surface area (Å²) in [7, 11) is 0. The molecule has 10 heteroatoms. The highest BCUT2D eigenvalue weighted by molar-refractivity contribution is 5.92. The van der Waals surface area contributed by atoms with Gasteiger partial charge in [0, 0.05) is 31.1 Å². The lowest BCUT2D eigenvalue weighted by Crippen LogP contribution is -2.38. The lowest BCUT2D eigenvalue weighted by molar-refractivity contribution is -0.0495. The van der Waals surface area contributed by atoms with Crippen LogP contribution < -0.4 is 11.1 Å². The maximum Gasteiger partial charge on any atom is 0.270 e. The number of amides is 1. The summed E-state index contributed by atoms with van der Waals surface area (Å²) in [6.07, 6.45) is 5.26. The second-order valence-corrected chi connectivity index (χ2v) is 9.93. The van der Waals surface area contributed by atoms with Gasteiger partial charge in [-0.25, -0.2) is 18.3 Å². The van der Waals surface area contributed by atoms with Crippen molar-refractivity contribution in [3.05, 3.63) is 47.7 Å². The van der Waals surface area contributed by atoms with E-state index >= 15 is 0 Å². The molecule has 184 valence electrons. The fourth-order valence-corrected chi connectivity index (χ4v) is 4.58. The molecule has 0 bridgehead atoms. The van der Waals surface area contributed by atoms with E-state index in [9.17, 15) is 13.6 Å². The number of aromatic nitrogens is 5. The second-order valence-electron chi connectivity index (χ2n) is 9.93. The largest absolute Gasteiger partial charge is 0.342 e. The maximum atomic E-state index is 13.9. The Kier molecular flexibility index (Phi) is 6.71. The highest BCUT2D eigenvalue weighted by Crippen LogP contribution is 2.41. The number of carbonyl (C=O) groups is 1.